The van der Waals surface area contributed by atoms with E-state index in [1.807, 2.05) is 20.8 Å². The number of sulfonamides is 1. The van der Waals surface area contributed by atoms with Crippen LogP contribution < -0.4 is 14.4 Å². The molecule has 42 heavy (non-hydrogen) atoms. The molecular formula is C31H37Cl2N3O5S. The van der Waals surface area contributed by atoms with E-state index in [0.29, 0.717) is 34.2 Å². The normalized spacial score (nSPS) is 12.7. The molecule has 0 aromatic heterocycles. The minimum atomic E-state index is -4.20. The summed E-state index contributed by atoms with van der Waals surface area (Å²) in [4.78, 5) is 29.0. The number of carbonyl (C=O) groups is 2. The van der Waals surface area contributed by atoms with E-state index < -0.39 is 28.5 Å². The second kappa shape index (κ2) is 14.8. The van der Waals surface area contributed by atoms with Crippen LogP contribution in [-0.2, 0) is 26.2 Å². The first-order chi connectivity index (χ1) is 19.9. The maximum absolute atomic E-state index is 14.2. The Bertz CT molecular complexity index is 1500. The van der Waals surface area contributed by atoms with Crippen LogP contribution in [0.3, 0.4) is 0 Å². The lowest BCUT2D eigenvalue weighted by atomic mass is 10.1. The Morgan fingerprint density at radius 1 is 0.976 bits per heavy atom. The first-order valence-corrected chi connectivity index (χ1v) is 15.9. The van der Waals surface area contributed by atoms with Crippen molar-refractivity contribution in [2.75, 3.05) is 18.0 Å². The second-order valence-corrected chi connectivity index (χ2v) is 12.7. The van der Waals surface area contributed by atoms with Gasteiger partial charge < -0.3 is 15.0 Å². The van der Waals surface area contributed by atoms with Crippen molar-refractivity contribution in [1.82, 2.24) is 10.2 Å². The molecule has 3 aromatic rings. The molecule has 0 aliphatic heterocycles. The van der Waals surface area contributed by atoms with Gasteiger partial charge in [-0.25, -0.2) is 8.42 Å². The molecule has 11 heteroatoms. The Morgan fingerprint density at radius 3 is 2.26 bits per heavy atom. The number of nitrogens with zero attached hydrogens (tertiary/aromatic N) is 2. The molecule has 3 aromatic carbocycles. The van der Waals surface area contributed by atoms with Gasteiger partial charge in [-0.15, -0.1) is 0 Å². The van der Waals surface area contributed by atoms with Crippen molar-refractivity contribution in [1.29, 1.82) is 0 Å². The van der Waals surface area contributed by atoms with Gasteiger partial charge in [0.15, 0.2) is 0 Å². The number of methoxy groups -OCH3 is 1. The largest absolute Gasteiger partial charge is 0.497 e. The maximum atomic E-state index is 14.2. The summed E-state index contributed by atoms with van der Waals surface area (Å²) < 4.78 is 34.4. The van der Waals surface area contributed by atoms with Crippen molar-refractivity contribution >= 4 is 50.7 Å². The van der Waals surface area contributed by atoms with E-state index in [2.05, 4.69) is 5.32 Å². The Kier molecular flexibility index (Phi) is 11.7. The van der Waals surface area contributed by atoms with E-state index in [1.165, 1.54) is 24.1 Å². The molecule has 0 saturated heterocycles. The van der Waals surface area contributed by atoms with Crippen molar-refractivity contribution in [3.8, 4) is 5.75 Å². The van der Waals surface area contributed by atoms with Crippen LogP contribution >= 0.6 is 23.2 Å². The van der Waals surface area contributed by atoms with Crippen LogP contribution in [0.5, 0.6) is 5.75 Å². The third-order valence-electron chi connectivity index (χ3n) is 6.97. The molecule has 2 amide bonds. The topological polar surface area (TPSA) is 96.0 Å². The van der Waals surface area contributed by atoms with Gasteiger partial charge in [-0.2, -0.15) is 0 Å². The molecule has 0 aliphatic rings. The molecule has 0 heterocycles. The molecule has 0 saturated carbocycles. The van der Waals surface area contributed by atoms with Crippen LogP contribution in [0.25, 0.3) is 0 Å². The van der Waals surface area contributed by atoms with Gasteiger partial charge in [-0.1, -0.05) is 66.9 Å². The Hall–Kier alpha value is -3.27. The van der Waals surface area contributed by atoms with Gasteiger partial charge in [0.2, 0.25) is 11.8 Å². The van der Waals surface area contributed by atoms with Gasteiger partial charge in [0.25, 0.3) is 10.0 Å². The fraction of sp³-hybridized carbons (Fsp3) is 0.355. The highest BCUT2D eigenvalue weighted by atomic mass is 35.5. The number of rotatable bonds is 13. The molecule has 3 rings (SSSR count). The van der Waals surface area contributed by atoms with Crippen LogP contribution in [0.1, 0.15) is 44.7 Å². The summed E-state index contributed by atoms with van der Waals surface area (Å²) in [5.41, 5.74) is 1.70. The molecule has 0 bridgehead atoms. The number of hydrogen-bond donors (Lipinski definition) is 1. The van der Waals surface area contributed by atoms with Gasteiger partial charge in [0.1, 0.15) is 18.3 Å². The van der Waals surface area contributed by atoms with E-state index in [4.69, 9.17) is 27.9 Å². The lowest BCUT2D eigenvalue weighted by molar-refractivity contribution is -0.140. The summed E-state index contributed by atoms with van der Waals surface area (Å²) in [5.74, 6) is -0.487. The van der Waals surface area contributed by atoms with E-state index in [9.17, 15) is 18.0 Å². The first kappa shape index (κ1) is 33.2. The number of hydrogen-bond acceptors (Lipinski definition) is 5. The maximum Gasteiger partial charge on any atom is 0.264 e. The van der Waals surface area contributed by atoms with Crippen LogP contribution in [0, 0.1) is 6.92 Å². The predicted octanol–water partition coefficient (Wildman–Crippen LogP) is 6.23. The van der Waals surface area contributed by atoms with Gasteiger partial charge >= 0.3 is 0 Å². The Morgan fingerprint density at radius 2 is 1.67 bits per heavy atom. The summed E-state index contributed by atoms with van der Waals surface area (Å²) in [5, 5.41) is 3.71. The lowest BCUT2D eigenvalue weighted by Gasteiger charge is -2.34. The number of amides is 2. The lowest BCUT2D eigenvalue weighted by Crippen LogP contribution is -2.53. The highest BCUT2D eigenvalue weighted by molar-refractivity contribution is 7.92. The Balaban J connectivity index is 2.10. The summed E-state index contributed by atoms with van der Waals surface area (Å²) >= 11 is 12.6. The third kappa shape index (κ3) is 8.18. The molecule has 2 atom stereocenters. The predicted molar refractivity (Wildman–Crippen MR) is 168 cm³/mol. The zero-order valence-corrected chi connectivity index (χ0v) is 26.8. The van der Waals surface area contributed by atoms with E-state index in [0.717, 1.165) is 9.87 Å². The van der Waals surface area contributed by atoms with Gasteiger partial charge in [-0.3, -0.25) is 13.9 Å². The zero-order valence-electron chi connectivity index (χ0n) is 24.4. The zero-order chi connectivity index (χ0) is 31.0. The summed E-state index contributed by atoms with van der Waals surface area (Å²) in [7, 11) is -2.73. The number of carbonyl (C=O) groups excluding carboxylic acids is 2. The fourth-order valence-electron chi connectivity index (χ4n) is 4.33. The summed E-state index contributed by atoms with van der Waals surface area (Å²) in [6.45, 7) is 6.89. The number of anilines is 1. The second-order valence-electron chi connectivity index (χ2n) is 10.0. The minimum Gasteiger partial charge on any atom is -0.497 e. The Labute approximate surface area is 258 Å². The SMILES string of the molecule is CC[C@@H](C)NC(=O)[C@@H](CC)N(Cc1ccc(Cl)cc1Cl)C(=O)CN(c1cccc(OC)c1)S(=O)(=O)c1ccc(C)cc1. The van der Waals surface area contributed by atoms with Crippen LogP contribution in [-0.4, -0.2) is 50.9 Å². The molecule has 0 fully saturated rings. The third-order valence-corrected chi connectivity index (χ3v) is 9.35. The average molecular weight is 635 g/mol. The highest BCUT2D eigenvalue weighted by Gasteiger charge is 2.34. The van der Waals surface area contributed by atoms with Crippen molar-refractivity contribution < 1.29 is 22.7 Å². The van der Waals surface area contributed by atoms with Crippen molar-refractivity contribution in [3.63, 3.8) is 0 Å². The van der Waals surface area contributed by atoms with E-state index in [1.54, 1.807) is 61.5 Å². The smallest absolute Gasteiger partial charge is 0.264 e. The van der Waals surface area contributed by atoms with Crippen LogP contribution in [0.4, 0.5) is 5.69 Å². The average Bonchev–Trinajstić information content (AvgIpc) is 2.96. The number of halogens is 2. The van der Waals surface area contributed by atoms with Crippen molar-refractivity contribution in [2.45, 2.75) is 64.1 Å². The molecule has 0 spiro atoms. The van der Waals surface area contributed by atoms with Crippen LogP contribution in [0.15, 0.2) is 71.6 Å². The molecule has 8 nitrogen and oxygen atoms in total. The standard InChI is InChI=1S/C31H37Cl2N3O5S/c1-6-22(4)34-31(38)29(7-2)35(19-23-13-14-24(32)17-28(23)33)30(37)20-36(25-9-8-10-26(18-25)41-5)42(39,40)27-15-11-21(3)12-16-27/h8-18,22,29H,6-7,19-20H2,1-5H3,(H,34,38)/t22-,29-/m1/s1. The summed E-state index contributed by atoms with van der Waals surface area (Å²) in [6.07, 6.45) is 1.00. The van der Waals surface area contributed by atoms with Gasteiger partial charge in [-0.05, 0) is 68.7 Å². The minimum absolute atomic E-state index is 0.0255. The number of nitrogens with one attached hydrogen (secondary N) is 1. The molecular weight excluding hydrogens is 597 g/mol. The van der Waals surface area contributed by atoms with Crippen molar-refractivity contribution in [2.24, 2.45) is 0 Å². The quantitative estimate of drug-likeness (QED) is 0.241. The monoisotopic (exact) mass is 633 g/mol. The van der Waals surface area contributed by atoms with Gasteiger partial charge in [0, 0.05) is 28.7 Å². The van der Waals surface area contributed by atoms with E-state index >= 15 is 0 Å². The number of ether oxygens (including phenoxy) is 1. The number of aryl methyl sites for hydroxylation is 1. The molecule has 226 valence electrons. The molecule has 1 N–H and O–H groups in total. The van der Waals surface area contributed by atoms with Gasteiger partial charge in [0.05, 0.1) is 17.7 Å². The van der Waals surface area contributed by atoms with Crippen LogP contribution in [0.2, 0.25) is 10.0 Å². The molecule has 0 aliphatic carbocycles. The van der Waals surface area contributed by atoms with Crippen molar-refractivity contribution in [3.05, 3.63) is 87.9 Å². The first-order valence-electron chi connectivity index (χ1n) is 13.7. The number of benzene rings is 3. The molecule has 0 radical (unpaired) electrons. The summed E-state index contributed by atoms with van der Waals surface area (Å²) in [6, 6.07) is 16.8. The molecule has 0 unspecified atom stereocenters. The van der Waals surface area contributed by atoms with E-state index in [-0.39, 0.29) is 29.1 Å². The fourth-order valence-corrected chi connectivity index (χ4v) is 6.20. The highest BCUT2D eigenvalue weighted by Crippen LogP contribution is 2.29.